The molecule has 2 aliphatic heterocycles. The first-order valence-corrected chi connectivity index (χ1v) is 9.73. The molecule has 1 fully saturated rings. The summed E-state index contributed by atoms with van der Waals surface area (Å²) >= 11 is 6.10. The number of rotatable bonds is 2. The zero-order valence-corrected chi connectivity index (χ0v) is 16.9. The Labute approximate surface area is 173 Å². The van der Waals surface area contributed by atoms with Crippen molar-refractivity contribution in [2.45, 2.75) is 13.2 Å². The van der Waals surface area contributed by atoms with E-state index in [-0.39, 0.29) is 17.7 Å². The van der Waals surface area contributed by atoms with Gasteiger partial charge in [0.1, 0.15) is 5.82 Å². The van der Waals surface area contributed by atoms with E-state index < -0.39 is 5.82 Å². The maximum atomic E-state index is 14.1. The number of nitrogens with zero attached hydrogens (tertiary/aromatic N) is 4. The molecule has 2 aliphatic rings. The lowest BCUT2D eigenvalue weighted by molar-refractivity contribution is 0.0741. The molecule has 2 aromatic rings. The minimum Gasteiger partial charge on any atom is -0.468 e. The summed E-state index contributed by atoms with van der Waals surface area (Å²) in [5.74, 6) is -0.271. The van der Waals surface area contributed by atoms with Gasteiger partial charge < -0.3 is 19.4 Å². The van der Waals surface area contributed by atoms with E-state index in [4.69, 9.17) is 21.6 Å². The molecular formula is C21H20ClFN4O2. The van der Waals surface area contributed by atoms with Gasteiger partial charge in [-0.3, -0.25) is 4.79 Å². The summed E-state index contributed by atoms with van der Waals surface area (Å²) in [6, 6.07) is 9.95. The number of halogens is 2. The fraction of sp³-hybridized carbons (Fsp3) is 0.333. The second kappa shape index (κ2) is 7.45. The van der Waals surface area contributed by atoms with E-state index in [1.165, 1.54) is 12.1 Å². The Morgan fingerprint density at radius 2 is 1.93 bits per heavy atom. The molecule has 6 nitrogen and oxygen atoms in total. The third-order valence-corrected chi connectivity index (χ3v) is 5.64. The van der Waals surface area contributed by atoms with E-state index >= 15 is 0 Å². The fourth-order valence-electron chi connectivity index (χ4n) is 3.73. The summed E-state index contributed by atoms with van der Waals surface area (Å²) in [4.78, 5) is 18.7. The predicted molar refractivity (Wildman–Crippen MR) is 109 cm³/mol. The number of hydrogen-bond donors (Lipinski definition) is 0. The Morgan fingerprint density at radius 3 is 2.62 bits per heavy atom. The first-order chi connectivity index (χ1) is 13.9. The number of carbonyl (C=O) groups excluding carboxylic acids is 1. The molecule has 150 valence electrons. The Hall–Kier alpha value is -2.98. The molecule has 0 spiro atoms. The molecule has 1 unspecified atom stereocenters. The van der Waals surface area contributed by atoms with Crippen molar-refractivity contribution in [1.82, 2.24) is 4.90 Å². The summed E-state index contributed by atoms with van der Waals surface area (Å²) in [5.41, 5.74) is 2.19. The second-order valence-electron chi connectivity index (χ2n) is 7.22. The summed E-state index contributed by atoms with van der Waals surface area (Å²) in [6.07, 6.45) is -0.257. The average Bonchev–Trinajstić information content (AvgIpc) is 3.00. The van der Waals surface area contributed by atoms with Crippen molar-refractivity contribution in [2.75, 3.05) is 43.0 Å². The van der Waals surface area contributed by atoms with Crippen LogP contribution in [0, 0.1) is 17.1 Å². The van der Waals surface area contributed by atoms with E-state index in [1.54, 1.807) is 21.9 Å². The third-order valence-electron chi connectivity index (χ3n) is 5.42. The number of piperazine rings is 1. The summed E-state index contributed by atoms with van der Waals surface area (Å²) < 4.78 is 19.9. The lowest BCUT2D eigenvalue weighted by Gasteiger charge is -2.36. The lowest BCUT2D eigenvalue weighted by atomic mass is 10.1. The van der Waals surface area contributed by atoms with Crippen LogP contribution in [0.2, 0.25) is 5.02 Å². The van der Waals surface area contributed by atoms with Crippen molar-refractivity contribution in [3.8, 4) is 11.8 Å². The van der Waals surface area contributed by atoms with Crippen LogP contribution in [0.25, 0.3) is 0 Å². The third kappa shape index (κ3) is 3.56. The quantitative estimate of drug-likeness (QED) is 0.752. The number of amides is 1. The van der Waals surface area contributed by atoms with Gasteiger partial charge >= 0.3 is 0 Å². The van der Waals surface area contributed by atoms with Crippen molar-refractivity contribution in [3.63, 3.8) is 0 Å². The largest absolute Gasteiger partial charge is 0.468 e. The second-order valence-corrected chi connectivity index (χ2v) is 7.66. The molecule has 1 atom stereocenters. The minimum atomic E-state index is -0.460. The molecule has 2 aromatic carbocycles. The Morgan fingerprint density at radius 1 is 1.21 bits per heavy atom. The van der Waals surface area contributed by atoms with Gasteiger partial charge in [0, 0.05) is 50.0 Å². The first-order valence-electron chi connectivity index (χ1n) is 9.35. The summed E-state index contributed by atoms with van der Waals surface area (Å²) in [5, 5.41) is 9.64. The molecule has 2 heterocycles. The van der Waals surface area contributed by atoms with E-state index in [1.807, 2.05) is 20.0 Å². The Balaban J connectivity index is 1.52. The maximum absolute atomic E-state index is 14.1. The van der Waals surface area contributed by atoms with Gasteiger partial charge in [0.2, 0.25) is 0 Å². The molecule has 4 rings (SSSR count). The SMILES string of the molecule is CC1Oc2c(C(=O)N3CCN(c4cc(Cl)cc(C#N)c4)CC3)cc(F)cc2N1C. The van der Waals surface area contributed by atoms with Crippen LogP contribution in [0.15, 0.2) is 30.3 Å². The van der Waals surface area contributed by atoms with Gasteiger partial charge in [0.05, 0.1) is 22.9 Å². The number of anilines is 2. The van der Waals surface area contributed by atoms with Gasteiger partial charge in [-0.2, -0.15) is 5.26 Å². The van der Waals surface area contributed by atoms with Gasteiger partial charge in [-0.05, 0) is 31.2 Å². The molecule has 0 N–H and O–H groups in total. The molecule has 0 bridgehead atoms. The van der Waals surface area contributed by atoms with Crippen molar-refractivity contribution >= 4 is 28.9 Å². The van der Waals surface area contributed by atoms with Crippen LogP contribution >= 0.6 is 11.6 Å². The highest BCUT2D eigenvalue weighted by molar-refractivity contribution is 6.31. The predicted octanol–water partition coefficient (Wildman–Crippen LogP) is 3.49. The number of carbonyl (C=O) groups is 1. The van der Waals surface area contributed by atoms with Gasteiger partial charge in [-0.1, -0.05) is 11.6 Å². The van der Waals surface area contributed by atoms with Crippen molar-refractivity contribution in [3.05, 3.63) is 52.3 Å². The zero-order chi connectivity index (χ0) is 20.7. The van der Waals surface area contributed by atoms with Gasteiger partial charge in [0.25, 0.3) is 5.91 Å². The van der Waals surface area contributed by atoms with Crippen LogP contribution in [-0.2, 0) is 0 Å². The maximum Gasteiger partial charge on any atom is 0.257 e. The van der Waals surface area contributed by atoms with Crippen molar-refractivity contribution < 1.29 is 13.9 Å². The molecule has 1 saturated heterocycles. The first kappa shape index (κ1) is 19.3. The molecular weight excluding hydrogens is 395 g/mol. The smallest absolute Gasteiger partial charge is 0.257 e. The molecule has 8 heteroatoms. The standard InChI is InChI=1S/C21H20ClFN4O2/c1-13-25(2)19-11-16(23)10-18(20(19)29-13)21(28)27-5-3-26(4-6-27)17-8-14(12-24)7-15(22)9-17/h7-11,13H,3-6H2,1-2H3. The number of hydrogen-bond acceptors (Lipinski definition) is 5. The molecule has 0 aromatic heterocycles. The summed E-state index contributed by atoms with van der Waals surface area (Å²) in [7, 11) is 1.81. The van der Waals surface area contributed by atoms with E-state index in [0.29, 0.717) is 48.2 Å². The van der Waals surface area contributed by atoms with E-state index in [9.17, 15) is 9.18 Å². The van der Waals surface area contributed by atoms with Crippen LogP contribution in [-0.4, -0.2) is 50.3 Å². The monoisotopic (exact) mass is 414 g/mol. The number of nitriles is 1. The molecule has 0 aliphatic carbocycles. The van der Waals surface area contributed by atoms with Crippen molar-refractivity contribution in [2.24, 2.45) is 0 Å². The highest BCUT2D eigenvalue weighted by atomic mass is 35.5. The zero-order valence-electron chi connectivity index (χ0n) is 16.2. The van der Waals surface area contributed by atoms with E-state index in [2.05, 4.69) is 11.0 Å². The normalized spacial score (nSPS) is 18.3. The van der Waals surface area contributed by atoms with Crippen LogP contribution in [0.5, 0.6) is 5.75 Å². The lowest BCUT2D eigenvalue weighted by Crippen LogP contribution is -2.48. The van der Waals surface area contributed by atoms with E-state index in [0.717, 1.165) is 5.69 Å². The highest BCUT2D eigenvalue weighted by Gasteiger charge is 2.33. The molecule has 1 amide bonds. The highest BCUT2D eigenvalue weighted by Crippen LogP contribution is 2.40. The van der Waals surface area contributed by atoms with Crippen LogP contribution in [0.3, 0.4) is 0 Å². The average molecular weight is 415 g/mol. The summed E-state index contributed by atoms with van der Waals surface area (Å²) in [6.45, 7) is 3.98. The number of benzene rings is 2. The molecule has 0 radical (unpaired) electrons. The van der Waals surface area contributed by atoms with Gasteiger partial charge in [-0.25, -0.2) is 4.39 Å². The van der Waals surface area contributed by atoms with Crippen LogP contribution in [0.4, 0.5) is 15.8 Å². The van der Waals surface area contributed by atoms with Crippen LogP contribution < -0.4 is 14.5 Å². The van der Waals surface area contributed by atoms with Crippen molar-refractivity contribution in [1.29, 1.82) is 5.26 Å². The Bertz CT molecular complexity index is 1010. The number of ether oxygens (including phenoxy) is 1. The number of fused-ring (bicyclic) bond motifs is 1. The van der Waals surface area contributed by atoms with Crippen LogP contribution in [0.1, 0.15) is 22.8 Å². The molecule has 29 heavy (non-hydrogen) atoms. The van der Waals surface area contributed by atoms with Gasteiger partial charge in [-0.15, -0.1) is 0 Å². The Kier molecular flexibility index (Phi) is 4.97. The minimum absolute atomic E-state index is 0.244. The molecule has 0 saturated carbocycles. The fourth-order valence-corrected chi connectivity index (χ4v) is 3.96. The van der Waals surface area contributed by atoms with Gasteiger partial charge in [0.15, 0.2) is 12.0 Å². The topological polar surface area (TPSA) is 59.8 Å².